The van der Waals surface area contributed by atoms with Gasteiger partial charge in [0.15, 0.2) is 0 Å². The van der Waals surface area contributed by atoms with E-state index in [4.69, 9.17) is 38.8 Å². The quantitative estimate of drug-likeness (QED) is 0.249. The fourth-order valence-corrected chi connectivity index (χ4v) is 4.87. The molecule has 5 N–H and O–H groups in total. The van der Waals surface area contributed by atoms with E-state index in [1.54, 1.807) is 6.07 Å². The third-order valence-electron chi connectivity index (χ3n) is 5.11. The Labute approximate surface area is 230 Å². The molecule has 1 aromatic heterocycles. The number of rotatable bonds is 9. The SMILES string of the molecule is NCCC[C@H](NC(=O)c1ccc(C(c2ccccc2Cl)c2ccccc2Cl)s1)C(=O)O.O=C(O)C(F)(F)F. The van der Waals surface area contributed by atoms with E-state index in [0.29, 0.717) is 27.9 Å². The summed E-state index contributed by atoms with van der Waals surface area (Å²) >= 11 is 14.3. The lowest BCUT2D eigenvalue weighted by Crippen LogP contribution is -2.40. The average molecular weight is 591 g/mol. The third-order valence-corrected chi connectivity index (χ3v) is 6.95. The summed E-state index contributed by atoms with van der Waals surface area (Å²) in [5.74, 6) is -4.53. The molecule has 3 rings (SSSR count). The number of hydrogen-bond acceptors (Lipinski definition) is 5. The molecular formula is C25H23Cl2F3N2O5S. The lowest BCUT2D eigenvalue weighted by molar-refractivity contribution is -0.192. The number of aliphatic carboxylic acids is 2. The van der Waals surface area contributed by atoms with Crippen LogP contribution in [0.5, 0.6) is 0 Å². The molecule has 0 bridgehead atoms. The maximum absolute atomic E-state index is 12.7. The Morgan fingerprint density at radius 1 is 0.921 bits per heavy atom. The number of halogens is 5. The van der Waals surface area contributed by atoms with Crippen molar-refractivity contribution in [2.45, 2.75) is 31.0 Å². The van der Waals surface area contributed by atoms with Gasteiger partial charge >= 0.3 is 18.1 Å². The van der Waals surface area contributed by atoms with Crippen molar-refractivity contribution in [1.82, 2.24) is 5.32 Å². The van der Waals surface area contributed by atoms with Crippen LogP contribution in [0.4, 0.5) is 13.2 Å². The summed E-state index contributed by atoms with van der Waals surface area (Å²) in [4.78, 5) is 34.4. The molecule has 13 heteroatoms. The number of carboxylic acid groups (broad SMARTS) is 2. The van der Waals surface area contributed by atoms with E-state index >= 15 is 0 Å². The van der Waals surface area contributed by atoms with Crippen molar-refractivity contribution in [3.63, 3.8) is 0 Å². The zero-order valence-electron chi connectivity index (χ0n) is 19.5. The number of nitrogens with one attached hydrogen (secondary N) is 1. The molecular weight excluding hydrogens is 568 g/mol. The highest BCUT2D eigenvalue weighted by Gasteiger charge is 2.38. The Balaban J connectivity index is 0.000000638. The number of alkyl halides is 3. The molecule has 1 amide bonds. The molecule has 0 aliphatic carbocycles. The monoisotopic (exact) mass is 590 g/mol. The van der Waals surface area contributed by atoms with Gasteiger partial charge in [0.25, 0.3) is 5.91 Å². The Kier molecular flexibility index (Phi) is 11.6. The van der Waals surface area contributed by atoms with Crippen molar-refractivity contribution in [1.29, 1.82) is 0 Å². The zero-order valence-corrected chi connectivity index (χ0v) is 21.9. The van der Waals surface area contributed by atoms with Crippen molar-refractivity contribution in [2.24, 2.45) is 5.73 Å². The number of nitrogens with two attached hydrogens (primary N) is 1. The Morgan fingerprint density at radius 2 is 1.42 bits per heavy atom. The average Bonchev–Trinajstić information content (AvgIpc) is 3.34. The maximum Gasteiger partial charge on any atom is 0.490 e. The number of carbonyl (C=O) groups excluding carboxylic acids is 1. The summed E-state index contributed by atoms with van der Waals surface area (Å²) in [6.45, 7) is 0.361. The number of hydrogen-bond donors (Lipinski definition) is 4. The van der Waals surface area contributed by atoms with Crippen molar-refractivity contribution in [3.8, 4) is 0 Å². The molecule has 0 saturated carbocycles. The van der Waals surface area contributed by atoms with Gasteiger partial charge in [0.2, 0.25) is 0 Å². The molecule has 204 valence electrons. The zero-order chi connectivity index (χ0) is 28.5. The summed E-state index contributed by atoms with van der Waals surface area (Å²) in [5.41, 5.74) is 7.21. The maximum atomic E-state index is 12.7. The van der Waals surface area contributed by atoms with Crippen LogP contribution >= 0.6 is 34.5 Å². The van der Waals surface area contributed by atoms with Gasteiger partial charge in [-0.25, -0.2) is 9.59 Å². The van der Waals surface area contributed by atoms with Crippen LogP contribution in [0.3, 0.4) is 0 Å². The van der Waals surface area contributed by atoms with Crippen molar-refractivity contribution in [3.05, 3.63) is 91.6 Å². The number of thiophene rings is 1. The summed E-state index contributed by atoms with van der Waals surface area (Å²) in [7, 11) is 0. The van der Waals surface area contributed by atoms with Crippen molar-refractivity contribution >= 4 is 52.4 Å². The van der Waals surface area contributed by atoms with Crippen LogP contribution in [0.15, 0.2) is 60.7 Å². The van der Waals surface area contributed by atoms with Crippen LogP contribution in [0.2, 0.25) is 10.0 Å². The van der Waals surface area contributed by atoms with E-state index in [9.17, 15) is 27.9 Å². The number of benzene rings is 2. The van der Waals surface area contributed by atoms with Crippen LogP contribution in [-0.2, 0) is 9.59 Å². The second-order valence-electron chi connectivity index (χ2n) is 7.78. The van der Waals surface area contributed by atoms with Crippen LogP contribution in [0.25, 0.3) is 0 Å². The molecule has 7 nitrogen and oxygen atoms in total. The second kappa shape index (κ2) is 14.1. The largest absolute Gasteiger partial charge is 0.490 e. The first kappa shape index (κ1) is 31.1. The number of amides is 1. The lowest BCUT2D eigenvalue weighted by atomic mass is 9.90. The summed E-state index contributed by atoms with van der Waals surface area (Å²) in [6, 6.07) is 17.6. The summed E-state index contributed by atoms with van der Waals surface area (Å²) in [5, 5.41) is 20.3. The van der Waals surface area contributed by atoms with Gasteiger partial charge in [-0.2, -0.15) is 13.2 Å². The first-order valence-corrected chi connectivity index (χ1v) is 12.6. The van der Waals surface area contributed by atoms with E-state index in [1.165, 1.54) is 11.3 Å². The van der Waals surface area contributed by atoms with Crippen LogP contribution in [0.1, 0.15) is 44.4 Å². The number of carbonyl (C=O) groups is 3. The molecule has 0 unspecified atom stereocenters. The predicted molar refractivity (Wildman–Crippen MR) is 139 cm³/mol. The minimum Gasteiger partial charge on any atom is -0.480 e. The topological polar surface area (TPSA) is 130 Å². The molecule has 0 saturated heterocycles. The Hall–Kier alpha value is -3.12. The first-order chi connectivity index (χ1) is 17.9. The third kappa shape index (κ3) is 8.73. The molecule has 38 heavy (non-hydrogen) atoms. The molecule has 1 heterocycles. The van der Waals surface area contributed by atoms with Gasteiger partial charge in [0, 0.05) is 20.8 Å². The van der Waals surface area contributed by atoms with Gasteiger partial charge in [0.1, 0.15) is 6.04 Å². The molecule has 0 spiro atoms. The minimum absolute atomic E-state index is 0.263. The highest BCUT2D eigenvalue weighted by Crippen LogP contribution is 2.41. The van der Waals surface area contributed by atoms with E-state index in [0.717, 1.165) is 16.0 Å². The molecule has 0 fully saturated rings. The van der Waals surface area contributed by atoms with Gasteiger partial charge in [-0.05, 0) is 54.8 Å². The van der Waals surface area contributed by atoms with E-state index in [2.05, 4.69) is 5.32 Å². The van der Waals surface area contributed by atoms with Crippen molar-refractivity contribution in [2.75, 3.05) is 6.54 Å². The molecule has 1 atom stereocenters. The summed E-state index contributed by atoms with van der Waals surface area (Å²) < 4.78 is 31.7. The van der Waals surface area contributed by atoms with E-state index < -0.39 is 30.1 Å². The summed E-state index contributed by atoms with van der Waals surface area (Å²) in [6.07, 6.45) is -4.30. The lowest BCUT2D eigenvalue weighted by Gasteiger charge is -2.19. The van der Waals surface area contributed by atoms with Gasteiger partial charge in [-0.3, -0.25) is 4.79 Å². The fraction of sp³-hybridized carbons (Fsp3) is 0.240. The highest BCUT2D eigenvalue weighted by atomic mass is 35.5. The Bertz CT molecular complexity index is 1220. The first-order valence-electron chi connectivity index (χ1n) is 11.0. The van der Waals surface area contributed by atoms with Gasteiger partial charge in [-0.1, -0.05) is 59.6 Å². The van der Waals surface area contributed by atoms with E-state index in [-0.39, 0.29) is 12.3 Å². The molecule has 0 radical (unpaired) electrons. The van der Waals surface area contributed by atoms with Gasteiger partial charge in [0.05, 0.1) is 4.88 Å². The highest BCUT2D eigenvalue weighted by molar-refractivity contribution is 7.14. The predicted octanol–water partition coefficient (Wildman–Crippen LogP) is 5.79. The van der Waals surface area contributed by atoms with Crippen LogP contribution < -0.4 is 11.1 Å². The van der Waals surface area contributed by atoms with Crippen LogP contribution in [-0.4, -0.2) is 46.8 Å². The minimum atomic E-state index is -5.08. The number of carboxylic acids is 2. The van der Waals surface area contributed by atoms with Crippen LogP contribution in [0, 0.1) is 0 Å². The van der Waals surface area contributed by atoms with Gasteiger partial charge < -0.3 is 21.3 Å². The Morgan fingerprint density at radius 3 is 1.84 bits per heavy atom. The second-order valence-corrected chi connectivity index (χ2v) is 9.71. The molecule has 0 aliphatic heterocycles. The smallest absolute Gasteiger partial charge is 0.480 e. The normalized spacial score (nSPS) is 11.9. The van der Waals surface area contributed by atoms with Crippen molar-refractivity contribution < 1.29 is 37.8 Å². The fourth-order valence-electron chi connectivity index (χ4n) is 3.33. The standard InChI is InChI=1S/C23H22Cl2N2O3S.C2HF3O2/c24-16-8-3-1-6-14(16)21(15-7-2-4-9-17(15)25)19-11-12-20(31-19)22(28)27-18(23(29)30)10-5-13-26;3-2(4,5)1(6)7/h1-4,6-9,11-12,18,21H,5,10,13,26H2,(H,27,28)(H,29,30);(H,6,7)/t18-;/m0./s1. The van der Waals surface area contributed by atoms with Gasteiger partial charge in [-0.15, -0.1) is 11.3 Å². The molecule has 2 aromatic carbocycles. The molecule has 3 aromatic rings. The van der Waals surface area contributed by atoms with E-state index in [1.807, 2.05) is 54.6 Å². The molecule has 0 aliphatic rings.